The van der Waals surface area contributed by atoms with Crippen molar-refractivity contribution < 1.29 is 62.9 Å². The zero-order valence-corrected chi connectivity index (χ0v) is 48.3. The lowest BCUT2D eigenvalue weighted by Gasteiger charge is -2.15. The number of allylic oxidation sites excluding steroid dienone is 2. The number of hydrogen-bond donors (Lipinski definition) is 3. The second kappa shape index (κ2) is 33.2. The van der Waals surface area contributed by atoms with Crippen molar-refractivity contribution in [2.24, 2.45) is 0 Å². The number of esters is 2. The SMILES string of the molecule is C=CCCCC(C(=O)O)c1ccc2cc(OC)ccc2c1.C=CCCCC(C(=O)OC)c1ccc2cc(OC)ccc2c1.COC(=O)c1ccc2cc(OC)cc(C)c2c1.COc1ccc2cc(C(CCCCCO)C(=O)O)ccc2c1. The molecule has 0 aliphatic carbocycles. The van der Waals surface area contributed by atoms with Gasteiger partial charge in [0.1, 0.15) is 23.0 Å². The third-order valence-corrected chi connectivity index (χ3v) is 14.2. The summed E-state index contributed by atoms with van der Waals surface area (Å²) in [5.41, 5.74) is 4.31. The van der Waals surface area contributed by atoms with E-state index in [0.29, 0.717) is 18.4 Å². The van der Waals surface area contributed by atoms with Crippen LogP contribution >= 0.6 is 0 Å². The lowest BCUT2D eigenvalue weighted by atomic mass is 9.91. The van der Waals surface area contributed by atoms with E-state index in [1.165, 1.54) is 14.2 Å². The van der Waals surface area contributed by atoms with Crippen LogP contribution in [-0.2, 0) is 23.9 Å². The summed E-state index contributed by atoms with van der Waals surface area (Å²) in [6.07, 6.45) is 11.6. The van der Waals surface area contributed by atoms with Crippen molar-refractivity contribution in [1.29, 1.82) is 0 Å². The van der Waals surface area contributed by atoms with Crippen molar-refractivity contribution in [3.8, 4) is 23.0 Å². The van der Waals surface area contributed by atoms with Crippen LogP contribution in [0.1, 0.15) is 115 Å². The molecule has 8 rings (SSSR count). The van der Waals surface area contributed by atoms with Crippen LogP contribution in [0, 0.1) is 6.92 Å². The maximum atomic E-state index is 12.1. The number of carbonyl (C=O) groups excluding carboxylic acids is 2. The van der Waals surface area contributed by atoms with E-state index in [9.17, 15) is 29.4 Å². The van der Waals surface area contributed by atoms with Crippen molar-refractivity contribution in [2.45, 2.75) is 88.9 Å². The van der Waals surface area contributed by atoms with Crippen LogP contribution < -0.4 is 18.9 Å². The number of carboxylic acid groups (broad SMARTS) is 2. The van der Waals surface area contributed by atoms with Gasteiger partial charge in [0.2, 0.25) is 0 Å². The molecule has 8 aromatic rings. The summed E-state index contributed by atoms with van der Waals surface area (Å²) >= 11 is 0. The number of carbonyl (C=O) groups is 4. The molecule has 82 heavy (non-hydrogen) atoms. The molecule has 0 saturated heterocycles. The Morgan fingerprint density at radius 2 is 0.829 bits per heavy atom. The number of benzene rings is 8. The first-order valence-corrected chi connectivity index (χ1v) is 27.4. The minimum absolute atomic E-state index is 0.162. The second-order valence-corrected chi connectivity index (χ2v) is 19.7. The maximum Gasteiger partial charge on any atom is 0.337 e. The Morgan fingerprint density at radius 3 is 1.23 bits per heavy atom. The first-order chi connectivity index (χ1) is 39.6. The first-order valence-electron chi connectivity index (χ1n) is 27.4. The highest BCUT2D eigenvalue weighted by Crippen LogP contribution is 2.32. The quantitative estimate of drug-likeness (QED) is 0.0295. The van der Waals surface area contributed by atoms with Gasteiger partial charge < -0.3 is 43.7 Å². The number of carboxylic acids is 2. The maximum absolute atomic E-state index is 12.1. The van der Waals surface area contributed by atoms with Gasteiger partial charge in [0.25, 0.3) is 0 Å². The highest BCUT2D eigenvalue weighted by molar-refractivity contribution is 5.97. The summed E-state index contributed by atoms with van der Waals surface area (Å²) in [6, 6.07) is 44.5. The van der Waals surface area contributed by atoms with Crippen LogP contribution in [0.15, 0.2) is 165 Å². The van der Waals surface area contributed by atoms with E-state index in [-0.39, 0.29) is 24.5 Å². The van der Waals surface area contributed by atoms with Crippen molar-refractivity contribution in [3.63, 3.8) is 0 Å². The van der Waals surface area contributed by atoms with Crippen LogP contribution in [0.3, 0.4) is 0 Å². The monoisotopic (exact) mass is 1110 g/mol. The number of rotatable bonds is 24. The van der Waals surface area contributed by atoms with Crippen LogP contribution in [0.2, 0.25) is 0 Å². The van der Waals surface area contributed by atoms with Crippen LogP contribution in [0.4, 0.5) is 0 Å². The molecule has 0 aliphatic heterocycles. The van der Waals surface area contributed by atoms with Gasteiger partial charge in [-0.1, -0.05) is 104 Å². The summed E-state index contributed by atoms with van der Waals surface area (Å²) in [7, 11) is 9.38. The highest BCUT2D eigenvalue weighted by Gasteiger charge is 2.23. The minimum atomic E-state index is -0.795. The van der Waals surface area contributed by atoms with E-state index < -0.39 is 23.8 Å². The van der Waals surface area contributed by atoms with E-state index in [4.69, 9.17) is 33.5 Å². The van der Waals surface area contributed by atoms with Gasteiger partial charge in [-0.3, -0.25) is 14.4 Å². The average molecular weight is 1120 g/mol. The smallest absolute Gasteiger partial charge is 0.337 e. The van der Waals surface area contributed by atoms with Crippen molar-refractivity contribution in [1.82, 2.24) is 0 Å². The molecule has 8 aromatic carbocycles. The van der Waals surface area contributed by atoms with E-state index in [0.717, 1.165) is 140 Å². The van der Waals surface area contributed by atoms with Crippen molar-refractivity contribution in [2.75, 3.05) is 49.3 Å². The minimum Gasteiger partial charge on any atom is -0.497 e. The van der Waals surface area contributed by atoms with Gasteiger partial charge in [0, 0.05) is 6.61 Å². The molecule has 432 valence electrons. The third-order valence-electron chi connectivity index (χ3n) is 14.2. The molecule has 0 aliphatic rings. The number of unbranched alkanes of at least 4 members (excludes halogenated alkanes) is 4. The Morgan fingerprint density at radius 1 is 0.439 bits per heavy atom. The number of fused-ring (bicyclic) bond motifs is 4. The number of hydrogen-bond acceptors (Lipinski definition) is 11. The van der Waals surface area contributed by atoms with Crippen LogP contribution in [0.5, 0.6) is 23.0 Å². The van der Waals surface area contributed by atoms with Gasteiger partial charge in [-0.05, 0) is 184 Å². The fraction of sp³-hybridized carbons (Fsp3) is 0.304. The fourth-order valence-corrected chi connectivity index (χ4v) is 9.63. The van der Waals surface area contributed by atoms with E-state index in [2.05, 4.69) is 19.2 Å². The number of aryl methyl sites for hydroxylation is 1. The lowest BCUT2D eigenvalue weighted by Crippen LogP contribution is -2.14. The van der Waals surface area contributed by atoms with E-state index >= 15 is 0 Å². The number of ether oxygens (including phenoxy) is 6. The molecule has 0 saturated carbocycles. The fourth-order valence-electron chi connectivity index (χ4n) is 9.63. The molecule has 0 aromatic heterocycles. The van der Waals surface area contributed by atoms with E-state index in [1.807, 2.05) is 146 Å². The molecule has 13 heteroatoms. The predicted octanol–water partition coefficient (Wildman–Crippen LogP) is 15.3. The molecule has 3 N–H and O–H groups in total. The Hall–Kier alpha value is -8.68. The number of aliphatic hydroxyl groups is 1. The summed E-state index contributed by atoms with van der Waals surface area (Å²) in [6.45, 7) is 9.55. The van der Waals surface area contributed by atoms with Crippen molar-refractivity contribution >= 4 is 67.0 Å². The molecule has 0 bridgehead atoms. The normalized spacial score (nSPS) is 11.7. The molecule has 0 radical (unpaired) electrons. The average Bonchev–Trinajstić information content (AvgIpc) is 3.70. The molecular formula is C69H78O13. The second-order valence-electron chi connectivity index (χ2n) is 19.7. The van der Waals surface area contributed by atoms with Gasteiger partial charge >= 0.3 is 23.9 Å². The third kappa shape index (κ3) is 18.4. The summed E-state index contributed by atoms with van der Waals surface area (Å²) < 4.78 is 30.5. The first kappa shape index (κ1) is 64.1. The molecule has 0 heterocycles. The van der Waals surface area contributed by atoms with Gasteiger partial charge in [-0.15, -0.1) is 13.2 Å². The standard InChI is InChI=1S/C19H22O3.C18H22O4.C18H20O3.C14H14O3/c1-4-5-6-7-18(19(20)22-3)16-9-8-15-13-17(21-2)11-10-14(15)12-16;1-22-16-9-8-13-11-15(7-6-14(13)12-16)17(18(20)21)5-3-2-4-10-19;1-3-4-5-6-17(18(19)20)15-8-7-14-12-16(21-2)10-9-13(14)11-15;1-9-6-12(16-2)7-10-4-5-11(8-13(9)10)14(15)17-3/h4,8-13,18H,1,5-7H2,2-3H3;6-9,11-12,17,19H,2-5,10H2,1H3,(H,20,21);3,7-12,17H,1,4-6H2,2H3,(H,19,20);4-8H,1-3H3. The Labute approximate surface area is 481 Å². The van der Waals surface area contributed by atoms with Gasteiger partial charge in [-0.2, -0.15) is 0 Å². The molecule has 3 atom stereocenters. The number of aliphatic hydroxyl groups excluding tert-OH is 1. The Bertz CT molecular complexity index is 3420. The van der Waals surface area contributed by atoms with Gasteiger partial charge in [-0.25, -0.2) is 4.79 Å². The number of aliphatic carboxylic acids is 2. The Balaban J connectivity index is 0.000000201. The molecule has 13 nitrogen and oxygen atoms in total. The summed E-state index contributed by atoms with van der Waals surface area (Å²) in [4.78, 5) is 46.5. The zero-order valence-electron chi connectivity index (χ0n) is 48.3. The molecule has 0 amide bonds. The number of methoxy groups -OCH3 is 6. The topological polar surface area (TPSA) is 184 Å². The molecule has 0 spiro atoms. The molecular weight excluding hydrogens is 1040 g/mol. The molecule has 0 fully saturated rings. The largest absolute Gasteiger partial charge is 0.497 e. The lowest BCUT2D eigenvalue weighted by molar-refractivity contribution is -0.143. The van der Waals surface area contributed by atoms with Gasteiger partial charge in [0.15, 0.2) is 0 Å². The van der Waals surface area contributed by atoms with Crippen LogP contribution in [-0.4, -0.2) is 88.5 Å². The molecule has 3 unspecified atom stereocenters. The van der Waals surface area contributed by atoms with E-state index in [1.54, 1.807) is 34.5 Å². The van der Waals surface area contributed by atoms with Crippen molar-refractivity contribution in [3.05, 3.63) is 193 Å². The Kier molecular flexibility index (Phi) is 25.9. The summed E-state index contributed by atoms with van der Waals surface area (Å²) in [5, 5.41) is 36.1. The summed E-state index contributed by atoms with van der Waals surface area (Å²) in [5.74, 6) is -0.00690. The highest BCUT2D eigenvalue weighted by atomic mass is 16.5. The van der Waals surface area contributed by atoms with Gasteiger partial charge in [0.05, 0.1) is 66.0 Å². The zero-order chi connectivity index (χ0) is 59.6. The predicted molar refractivity (Wildman–Crippen MR) is 327 cm³/mol. The van der Waals surface area contributed by atoms with Crippen LogP contribution in [0.25, 0.3) is 43.1 Å².